The highest BCUT2D eigenvalue weighted by molar-refractivity contribution is 4.74. The molecule has 0 saturated carbocycles. The van der Waals surface area contributed by atoms with Crippen LogP contribution in [0.2, 0.25) is 0 Å². The van der Waals surface area contributed by atoms with Crippen LogP contribution in [0.25, 0.3) is 0 Å². The van der Waals surface area contributed by atoms with Gasteiger partial charge in [-0.1, -0.05) is 0 Å². The Labute approximate surface area is 87.8 Å². The summed E-state index contributed by atoms with van der Waals surface area (Å²) < 4.78 is 5.52. The number of hydrogen-bond acceptors (Lipinski definition) is 3. The third-order valence-corrected chi connectivity index (χ3v) is 2.52. The maximum Gasteiger partial charge on any atom is 0.0518 e. The zero-order chi connectivity index (χ0) is 10.4. The van der Waals surface area contributed by atoms with Crippen LogP contribution in [0.5, 0.6) is 0 Å². The number of nitrogens with one attached hydrogen (secondary N) is 1. The van der Waals surface area contributed by atoms with Gasteiger partial charge in [-0.25, -0.2) is 0 Å². The van der Waals surface area contributed by atoms with Crippen molar-refractivity contribution in [2.45, 2.75) is 39.3 Å². The summed E-state index contributed by atoms with van der Waals surface area (Å²) in [5.74, 6) is 0. The molecule has 14 heavy (non-hydrogen) atoms. The highest BCUT2D eigenvalue weighted by Gasteiger charge is 2.14. The molecule has 0 aromatic rings. The molecule has 3 heteroatoms. The first kappa shape index (κ1) is 12.0. The maximum absolute atomic E-state index is 5.52. The van der Waals surface area contributed by atoms with Gasteiger partial charge in [0.25, 0.3) is 0 Å². The van der Waals surface area contributed by atoms with E-state index in [0.717, 1.165) is 19.6 Å². The topological polar surface area (TPSA) is 24.5 Å². The molecule has 1 aliphatic rings. The molecule has 0 unspecified atom stereocenters. The monoisotopic (exact) mass is 200 g/mol. The summed E-state index contributed by atoms with van der Waals surface area (Å²) in [6.07, 6.45) is 1.53. The van der Waals surface area contributed by atoms with Crippen LogP contribution in [0, 0.1) is 0 Å². The van der Waals surface area contributed by atoms with E-state index in [1.54, 1.807) is 0 Å². The average Bonchev–Trinajstić information content (AvgIpc) is 2.12. The third-order valence-electron chi connectivity index (χ3n) is 2.52. The first-order chi connectivity index (χ1) is 6.68. The van der Waals surface area contributed by atoms with Gasteiger partial charge in [0.05, 0.1) is 6.10 Å². The van der Waals surface area contributed by atoms with Crippen LogP contribution in [0.3, 0.4) is 0 Å². The minimum absolute atomic E-state index is 0.372. The van der Waals surface area contributed by atoms with Gasteiger partial charge in [0.1, 0.15) is 0 Å². The van der Waals surface area contributed by atoms with Gasteiger partial charge in [-0.15, -0.1) is 0 Å². The number of rotatable bonds is 5. The molecule has 0 spiro atoms. The summed E-state index contributed by atoms with van der Waals surface area (Å²) in [5.41, 5.74) is 0. The predicted octanol–water partition coefficient (Wildman–Crippen LogP) is 1.10. The van der Waals surface area contributed by atoms with Gasteiger partial charge < -0.3 is 15.0 Å². The molecule has 1 rings (SSSR count). The molecule has 1 fully saturated rings. The zero-order valence-electron chi connectivity index (χ0n) is 9.75. The van der Waals surface area contributed by atoms with Crippen LogP contribution in [-0.2, 0) is 4.74 Å². The summed E-state index contributed by atoms with van der Waals surface area (Å²) in [6.45, 7) is 12.0. The minimum atomic E-state index is 0.372. The second-order valence-corrected chi connectivity index (χ2v) is 4.43. The van der Waals surface area contributed by atoms with Crippen LogP contribution in [0.4, 0.5) is 0 Å². The first-order valence-electron chi connectivity index (χ1n) is 5.76. The molecule has 1 atom stereocenters. The van der Waals surface area contributed by atoms with Gasteiger partial charge >= 0.3 is 0 Å². The van der Waals surface area contributed by atoms with E-state index in [2.05, 4.69) is 31.0 Å². The Morgan fingerprint density at radius 1 is 1.50 bits per heavy atom. The van der Waals surface area contributed by atoms with Crippen molar-refractivity contribution in [3.63, 3.8) is 0 Å². The molecule has 1 heterocycles. The van der Waals surface area contributed by atoms with Crippen LogP contribution < -0.4 is 5.32 Å². The summed E-state index contributed by atoms with van der Waals surface area (Å²) in [7, 11) is 0. The summed E-state index contributed by atoms with van der Waals surface area (Å²) in [4.78, 5) is 2.52. The Bertz CT molecular complexity index is 150. The smallest absolute Gasteiger partial charge is 0.0518 e. The summed E-state index contributed by atoms with van der Waals surface area (Å²) in [6, 6.07) is 0.648. The zero-order valence-corrected chi connectivity index (χ0v) is 9.75. The number of piperazine rings is 1. The normalized spacial score (nSPS) is 24.4. The minimum Gasteiger partial charge on any atom is -0.379 e. The Kier molecular flexibility index (Phi) is 5.45. The maximum atomic E-state index is 5.52. The van der Waals surface area contributed by atoms with E-state index >= 15 is 0 Å². The molecule has 0 bridgehead atoms. The lowest BCUT2D eigenvalue weighted by Gasteiger charge is -2.31. The van der Waals surface area contributed by atoms with E-state index in [1.807, 2.05) is 0 Å². The second-order valence-electron chi connectivity index (χ2n) is 4.43. The molecular weight excluding hydrogens is 176 g/mol. The molecule has 1 N–H and O–H groups in total. The SMILES string of the molecule is CC(C)OCCCN1CCN[C@H](C)C1. The standard InChI is InChI=1S/C11H24N2O/c1-10(2)14-8-4-6-13-7-5-12-11(3)9-13/h10-12H,4-9H2,1-3H3/t11-/m1/s1. The lowest BCUT2D eigenvalue weighted by molar-refractivity contribution is 0.0682. The molecule has 0 amide bonds. The van der Waals surface area contributed by atoms with Crippen LogP contribution >= 0.6 is 0 Å². The van der Waals surface area contributed by atoms with E-state index in [1.165, 1.54) is 19.6 Å². The average molecular weight is 200 g/mol. The lowest BCUT2D eigenvalue weighted by atomic mass is 10.2. The molecule has 3 nitrogen and oxygen atoms in total. The van der Waals surface area contributed by atoms with Gasteiger partial charge in [-0.2, -0.15) is 0 Å². The Hall–Kier alpha value is -0.120. The quantitative estimate of drug-likeness (QED) is 0.673. The largest absolute Gasteiger partial charge is 0.379 e. The van der Waals surface area contributed by atoms with E-state index in [9.17, 15) is 0 Å². The molecular formula is C11H24N2O. The molecule has 1 saturated heterocycles. The van der Waals surface area contributed by atoms with Crippen molar-refractivity contribution in [3.8, 4) is 0 Å². The fraction of sp³-hybridized carbons (Fsp3) is 1.00. The van der Waals surface area contributed by atoms with Crippen LogP contribution in [-0.4, -0.2) is 49.8 Å². The molecule has 1 aliphatic heterocycles. The molecule has 0 radical (unpaired) electrons. The Morgan fingerprint density at radius 3 is 2.93 bits per heavy atom. The number of nitrogens with zero attached hydrogens (tertiary/aromatic N) is 1. The fourth-order valence-corrected chi connectivity index (χ4v) is 1.82. The molecule has 0 aromatic heterocycles. The van der Waals surface area contributed by atoms with Gasteiger partial charge in [0.2, 0.25) is 0 Å². The number of ether oxygens (including phenoxy) is 1. The van der Waals surface area contributed by atoms with Crippen molar-refractivity contribution in [2.24, 2.45) is 0 Å². The van der Waals surface area contributed by atoms with Gasteiger partial charge in [0.15, 0.2) is 0 Å². The van der Waals surface area contributed by atoms with E-state index in [4.69, 9.17) is 4.74 Å². The third kappa shape index (κ3) is 4.94. The van der Waals surface area contributed by atoms with Crippen LogP contribution in [0.1, 0.15) is 27.2 Å². The van der Waals surface area contributed by atoms with Gasteiger partial charge in [0, 0.05) is 38.8 Å². The summed E-state index contributed by atoms with van der Waals surface area (Å²) in [5, 5.41) is 3.45. The highest BCUT2D eigenvalue weighted by atomic mass is 16.5. The van der Waals surface area contributed by atoms with Crippen molar-refractivity contribution < 1.29 is 4.74 Å². The van der Waals surface area contributed by atoms with Crippen molar-refractivity contribution in [3.05, 3.63) is 0 Å². The van der Waals surface area contributed by atoms with E-state index in [-0.39, 0.29) is 0 Å². The highest BCUT2D eigenvalue weighted by Crippen LogP contribution is 2.00. The van der Waals surface area contributed by atoms with Crippen molar-refractivity contribution >= 4 is 0 Å². The van der Waals surface area contributed by atoms with Crippen molar-refractivity contribution in [1.29, 1.82) is 0 Å². The second kappa shape index (κ2) is 6.38. The predicted molar refractivity (Wildman–Crippen MR) is 59.6 cm³/mol. The first-order valence-corrected chi connectivity index (χ1v) is 5.76. The molecule has 0 aliphatic carbocycles. The molecule has 84 valence electrons. The van der Waals surface area contributed by atoms with E-state index < -0.39 is 0 Å². The van der Waals surface area contributed by atoms with Crippen molar-refractivity contribution in [1.82, 2.24) is 10.2 Å². The lowest BCUT2D eigenvalue weighted by Crippen LogP contribution is -2.49. The molecule has 0 aromatic carbocycles. The van der Waals surface area contributed by atoms with Gasteiger partial charge in [-0.05, 0) is 27.2 Å². The summed E-state index contributed by atoms with van der Waals surface area (Å²) >= 11 is 0. The van der Waals surface area contributed by atoms with E-state index in [0.29, 0.717) is 12.1 Å². The fourth-order valence-electron chi connectivity index (χ4n) is 1.82. The Morgan fingerprint density at radius 2 is 2.29 bits per heavy atom. The van der Waals surface area contributed by atoms with Crippen LogP contribution in [0.15, 0.2) is 0 Å². The number of hydrogen-bond donors (Lipinski definition) is 1. The van der Waals surface area contributed by atoms with Crippen molar-refractivity contribution in [2.75, 3.05) is 32.8 Å². The Balaban J connectivity index is 2.00. The van der Waals surface area contributed by atoms with Gasteiger partial charge in [-0.3, -0.25) is 0 Å².